The standard InChI is InChI=1S/C20H22F4N6O3/c1-4-30-10-12(17-27-28-20(33-17)25-7-8-29(2)3)16(15(22)18(30)31)26-14-6-5-11(9-13(14)21)32-19(23)24/h5-6,9-10,19,26H,4,7-8H2,1-3H3,(H,25,28). The summed E-state index contributed by atoms with van der Waals surface area (Å²) in [4.78, 5) is 14.3. The van der Waals surface area contributed by atoms with Crippen LogP contribution in [0.5, 0.6) is 5.75 Å². The third-order valence-electron chi connectivity index (χ3n) is 4.48. The summed E-state index contributed by atoms with van der Waals surface area (Å²) in [5, 5.41) is 13.2. The smallest absolute Gasteiger partial charge is 0.387 e. The fourth-order valence-corrected chi connectivity index (χ4v) is 2.85. The zero-order valence-electron chi connectivity index (χ0n) is 18.0. The number of rotatable bonds is 10. The maximum atomic E-state index is 15.0. The summed E-state index contributed by atoms with van der Waals surface area (Å²) >= 11 is 0. The van der Waals surface area contributed by atoms with Gasteiger partial charge in [0.05, 0.1) is 16.9 Å². The Labute approximate surface area is 186 Å². The molecule has 0 aliphatic heterocycles. The van der Waals surface area contributed by atoms with Gasteiger partial charge in [0.15, 0.2) is 0 Å². The summed E-state index contributed by atoms with van der Waals surface area (Å²) in [7, 11) is 3.78. The molecular formula is C20H22F4N6O3. The van der Waals surface area contributed by atoms with Crippen molar-refractivity contribution in [1.29, 1.82) is 0 Å². The molecule has 9 nitrogen and oxygen atoms in total. The molecule has 3 rings (SSSR count). The van der Waals surface area contributed by atoms with Crippen molar-refractivity contribution in [2.45, 2.75) is 20.1 Å². The first kappa shape index (κ1) is 24.0. The number of aryl methyl sites for hydroxylation is 1. The van der Waals surface area contributed by atoms with Gasteiger partial charge in [-0.05, 0) is 33.2 Å². The van der Waals surface area contributed by atoms with Crippen molar-refractivity contribution in [1.82, 2.24) is 19.7 Å². The molecule has 0 saturated carbocycles. The van der Waals surface area contributed by atoms with Crippen molar-refractivity contribution < 1.29 is 26.7 Å². The van der Waals surface area contributed by atoms with Crippen molar-refractivity contribution >= 4 is 17.4 Å². The number of likely N-dealkylation sites (N-methyl/N-ethyl adjacent to an activating group) is 1. The topological polar surface area (TPSA) is 97.5 Å². The number of nitrogens with one attached hydrogen (secondary N) is 2. The van der Waals surface area contributed by atoms with Crippen LogP contribution in [-0.4, -0.2) is 53.5 Å². The second-order valence-electron chi connectivity index (χ2n) is 7.11. The Morgan fingerprint density at radius 1 is 1.24 bits per heavy atom. The zero-order chi connectivity index (χ0) is 24.1. The minimum absolute atomic E-state index is 0.00872. The molecule has 3 aromatic rings. The van der Waals surface area contributed by atoms with Gasteiger partial charge in [-0.15, -0.1) is 5.10 Å². The van der Waals surface area contributed by atoms with Crippen LogP contribution in [0.25, 0.3) is 11.5 Å². The number of ether oxygens (including phenoxy) is 1. The number of hydrogen-bond donors (Lipinski definition) is 2. The van der Waals surface area contributed by atoms with Crippen LogP contribution >= 0.6 is 0 Å². The Bertz CT molecular complexity index is 1170. The first-order valence-corrected chi connectivity index (χ1v) is 9.86. The van der Waals surface area contributed by atoms with E-state index in [0.29, 0.717) is 19.2 Å². The van der Waals surface area contributed by atoms with E-state index in [0.717, 1.165) is 16.7 Å². The number of nitrogens with zero attached hydrogens (tertiary/aromatic N) is 4. The highest BCUT2D eigenvalue weighted by atomic mass is 19.3. The zero-order valence-corrected chi connectivity index (χ0v) is 18.0. The molecule has 0 spiro atoms. The fraction of sp³-hybridized carbons (Fsp3) is 0.350. The molecule has 2 heterocycles. The fourth-order valence-electron chi connectivity index (χ4n) is 2.85. The average Bonchev–Trinajstić information content (AvgIpc) is 3.21. The van der Waals surface area contributed by atoms with Gasteiger partial charge in [-0.2, -0.15) is 13.2 Å². The maximum Gasteiger partial charge on any atom is 0.387 e. The molecule has 0 radical (unpaired) electrons. The number of pyridine rings is 1. The molecule has 0 unspecified atom stereocenters. The lowest BCUT2D eigenvalue weighted by Crippen LogP contribution is -2.24. The quantitative estimate of drug-likeness (QED) is 0.435. The summed E-state index contributed by atoms with van der Waals surface area (Å²) in [6.45, 7) is -0.155. The van der Waals surface area contributed by atoms with Crippen LogP contribution in [0.1, 0.15) is 6.92 Å². The summed E-state index contributed by atoms with van der Waals surface area (Å²) < 4.78 is 64.9. The maximum absolute atomic E-state index is 15.0. The van der Waals surface area contributed by atoms with Crippen molar-refractivity contribution in [2.75, 3.05) is 37.8 Å². The van der Waals surface area contributed by atoms with Gasteiger partial charge in [0, 0.05) is 31.9 Å². The van der Waals surface area contributed by atoms with E-state index < -0.39 is 35.2 Å². The van der Waals surface area contributed by atoms with Crippen LogP contribution in [0.4, 0.5) is 35.0 Å². The molecule has 0 amide bonds. The van der Waals surface area contributed by atoms with Crippen LogP contribution in [0.2, 0.25) is 0 Å². The third-order valence-corrected chi connectivity index (χ3v) is 4.48. The van der Waals surface area contributed by atoms with Crippen molar-refractivity contribution in [3.8, 4) is 17.2 Å². The summed E-state index contributed by atoms with van der Waals surface area (Å²) in [6, 6.07) is 2.93. The number of benzene rings is 1. The second kappa shape index (κ2) is 10.3. The SMILES string of the molecule is CCn1cc(-c2nnc(NCCN(C)C)o2)c(Nc2ccc(OC(F)F)cc2F)c(F)c1=O. The highest BCUT2D eigenvalue weighted by molar-refractivity contribution is 5.77. The number of anilines is 3. The van der Waals surface area contributed by atoms with Gasteiger partial charge in [0.2, 0.25) is 5.82 Å². The van der Waals surface area contributed by atoms with Gasteiger partial charge >= 0.3 is 12.6 Å². The molecule has 1 aromatic carbocycles. The van der Waals surface area contributed by atoms with E-state index in [1.807, 2.05) is 19.0 Å². The number of aromatic nitrogens is 3. The second-order valence-corrected chi connectivity index (χ2v) is 7.11. The molecule has 2 N–H and O–H groups in total. The van der Waals surface area contributed by atoms with E-state index in [1.54, 1.807) is 6.92 Å². The van der Waals surface area contributed by atoms with Crippen molar-refractivity contribution in [2.24, 2.45) is 0 Å². The first-order valence-electron chi connectivity index (χ1n) is 9.86. The van der Waals surface area contributed by atoms with Gasteiger partial charge in [0.25, 0.3) is 11.4 Å². The molecule has 0 bridgehead atoms. The Kier molecular flexibility index (Phi) is 7.53. The van der Waals surface area contributed by atoms with E-state index in [9.17, 15) is 18.0 Å². The van der Waals surface area contributed by atoms with E-state index in [1.165, 1.54) is 6.20 Å². The lowest BCUT2D eigenvalue weighted by atomic mass is 10.2. The van der Waals surface area contributed by atoms with Crippen LogP contribution in [0.15, 0.2) is 33.6 Å². The molecule has 2 aromatic heterocycles. The Hall–Kier alpha value is -3.61. The highest BCUT2D eigenvalue weighted by Crippen LogP contribution is 2.33. The van der Waals surface area contributed by atoms with E-state index >= 15 is 4.39 Å². The van der Waals surface area contributed by atoms with Gasteiger partial charge in [-0.3, -0.25) is 4.79 Å². The van der Waals surface area contributed by atoms with Crippen LogP contribution in [0, 0.1) is 11.6 Å². The van der Waals surface area contributed by atoms with Gasteiger partial charge < -0.3 is 29.3 Å². The Balaban J connectivity index is 1.98. The molecule has 0 atom stereocenters. The van der Waals surface area contributed by atoms with E-state index in [2.05, 4.69) is 25.6 Å². The molecule has 178 valence electrons. The van der Waals surface area contributed by atoms with Gasteiger partial charge in [-0.1, -0.05) is 5.10 Å². The molecule has 0 fully saturated rings. The predicted octanol–water partition coefficient (Wildman–Crippen LogP) is 3.51. The monoisotopic (exact) mass is 470 g/mol. The lowest BCUT2D eigenvalue weighted by Gasteiger charge is -2.14. The summed E-state index contributed by atoms with van der Waals surface area (Å²) in [5.41, 5.74) is -1.64. The number of halogens is 4. The largest absolute Gasteiger partial charge is 0.435 e. The van der Waals surface area contributed by atoms with Crippen LogP contribution < -0.4 is 20.9 Å². The molecule has 13 heteroatoms. The molecule has 33 heavy (non-hydrogen) atoms. The average molecular weight is 470 g/mol. The van der Waals surface area contributed by atoms with Gasteiger partial charge in [-0.25, -0.2) is 4.39 Å². The predicted molar refractivity (Wildman–Crippen MR) is 113 cm³/mol. The minimum Gasteiger partial charge on any atom is -0.435 e. The number of alkyl halides is 2. The Morgan fingerprint density at radius 2 is 2.00 bits per heavy atom. The Morgan fingerprint density at radius 3 is 2.64 bits per heavy atom. The summed E-state index contributed by atoms with van der Waals surface area (Å²) in [5.74, 6) is -2.75. The third kappa shape index (κ3) is 5.80. The molecule has 0 aliphatic carbocycles. The van der Waals surface area contributed by atoms with Crippen molar-refractivity contribution in [3.63, 3.8) is 0 Å². The van der Waals surface area contributed by atoms with E-state index in [-0.39, 0.29) is 29.7 Å². The highest BCUT2D eigenvalue weighted by Gasteiger charge is 2.22. The first-order chi connectivity index (χ1) is 15.7. The molecule has 0 saturated heterocycles. The van der Waals surface area contributed by atoms with E-state index in [4.69, 9.17) is 4.42 Å². The minimum atomic E-state index is -3.13. The van der Waals surface area contributed by atoms with Crippen molar-refractivity contribution in [3.05, 3.63) is 46.4 Å². The van der Waals surface area contributed by atoms with Crippen LogP contribution in [0.3, 0.4) is 0 Å². The lowest BCUT2D eigenvalue weighted by molar-refractivity contribution is -0.0499. The molecular weight excluding hydrogens is 448 g/mol. The normalized spacial score (nSPS) is 11.3. The molecule has 0 aliphatic rings. The van der Waals surface area contributed by atoms with Gasteiger partial charge in [0.1, 0.15) is 11.6 Å². The number of hydrogen-bond acceptors (Lipinski definition) is 8. The van der Waals surface area contributed by atoms with Crippen LogP contribution in [-0.2, 0) is 6.54 Å². The summed E-state index contributed by atoms with van der Waals surface area (Å²) in [6.07, 6.45) is 1.30.